The van der Waals surface area contributed by atoms with E-state index in [4.69, 9.17) is 0 Å². The molecule has 0 fully saturated rings. The minimum atomic E-state index is -0.204. The molecule has 1 aromatic heterocycles. The number of aromatic amines is 1. The molecule has 84 valence electrons. The number of aromatic nitrogens is 1. The van der Waals surface area contributed by atoms with Gasteiger partial charge >= 0.3 is 0 Å². The molecule has 0 aliphatic heterocycles. The van der Waals surface area contributed by atoms with Gasteiger partial charge in [-0.15, -0.1) is 0 Å². The average Bonchev–Trinajstić information content (AvgIpc) is 2.73. The van der Waals surface area contributed by atoms with Crippen LogP contribution in [0.1, 0.15) is 5.56 Å². The number of aryl methyl sites for hydroxylation is 1. The fraction of sp³-hybridized carbons (Fsp3) is 0.0667. The van der Waals surface area contributed by atoms with Crippen molar-refractivity contribution in [3.05, 3.63) is 60.0 Å². The molecule has 0 radical (unpaired) electrons. The number of benzene rings is 2. The molecule has 1 heterocycles. The second-order valence-corrected chi connectivity index (χ2v) is 4.26. The maximum atomic E-state index is 12.9. The summed E-state index contributed by atoms with van der Waals surface area (Å²) in [5.41, 5.74) is 4.47. The van der Waals surface area contributed by atoms with Crippen molar-refractivity contribution < 1.29 is 4.39 Å². The normalized spacial score (nSPS) is 10.9. The Morgan fingerprint density at radius 3 is 2.53 bits per heavy atom. The Hall–Kier alpha value is -2.09. The highest BCUT2D eigenvalue weighted by Gasteiger charge is 2.05. The van der Waals surface area contributed by atoms with Crippen LogP contribution in [0, 0.1) is 12.7 Å². The molecular weight excluding hydrogens is 213 g/mol. The Morgan fingerprint density at radius 1 is 1.00 bits per heavy atom. The van der Waals surface area contributed by atoms with Crippen molar-refractivity contribution >= 4 is 10.9 Å². The van der Waals surface area contributed by atoms with Crippen molar-refractivity contribution in [2.45, 2.75) is 6.92 Å². The molecule has 0 unspecified atom stereocenters. The first-order valence-corrected chi connectivity index (χ1v) is 5.58. The zero-order valence-corrected chi connectivity index (χ0v) is 9.50. The van der Waals surface area contributed by atoms with Crippen LogP contribution in [0.2, 0.25) is 0 Å². The molecule has 0 atom stereocenters. The molecule has 0 aliphatic rings. The van der Waals surface area contributed by atoms with Gasteiger partial charge in [0.25, 0.3) is 0 Å². The van der Waals surface area contributed by atoms with Crippen LogP contribution in [-0.2, 0) is 0 Å². The van der Waals surface area contributed by atoms with Gasteiger partial charge in [0.2, 0.25) is 0 Å². The van der Waals surface area contributed by atoms with Crippen molar-refractivity contribution in [2.75, 3.05) is 0 Å². The molecule has 0 spiro atoms. The number of fused-ring (bicyclic) bond motifs is 1. The predicted octanol–water partition coefficient (Wildman–Crippen LogP) is 4.28. The van der Waals surface area contributed by atoms with Gasteiger partial charge in [0.1, 0.15) is 5.82 Å². The fourth-order valence-corrected chi connectivity index (χ4v) is 2.10. The first-order valence-electron chi connectivity index (χ1n) is 5.58. The summed E-state index contributed by atoms with van der Waals surface area (Å²) in [4.78, 5) is 3.23. The molecule has 0 saturated heterocycles. The van der Waals surface area contributed by atoms with Crippen molar-refractivity contribution in [1.82, 2.24) is 4.98 Å². The lowest BCUT2D eigenvalue weighted by Gasteiger charge is -2.00. The van der Waals surface area contributed by atoms with Crippen molar-refractivity contribution in [3.63, 3.8) is 0 Å². The number of H-pyrrole nitrogens is 1. The van der Waals surface area contributed by atoms with E-state index in [0.29, 0.717) is 0 Å². The Morgan fingerprint density at radius 2 is 1.76 bits per heavy atom. The summed E-state index contributed by atoms with van der Waals surface area (Å²) in [6.45, 7) is 2.07. The van der Waals surface area contributed by atoms with Crippen LogP contribution < -0.4 is 0 Å². The quantitative estimate of drug-likeness (QED) is 0.636. The van der Waals surface area contributed by atoms with Crippen LogP contribution >= 0.6 is 0 Å². The molecule has 17 heavy (non-hydrogen) atoms. The summed E-state index contributed by atoms with van der Waals surface area (Å²) in [6, 6.07) is 12.9. The van der Waals surface area contributed by atoms with Crippen LogP contribution in [0.4, 0.5) is 4.39 Å². The highest BCUT2D eigenvalue weighted by Crippen LogP contribution is 2.29. The van der Waals surface area contributed by atoms with E-state index in [9.17, 15) is 4.39 Å². The van der Waals surface area contributed by atoms with Crippen LogP contribution in [0.5, 0.6) is 0 Å². The SMILES string of the molecule is Cc1ccc2[nH]cc(-c3ccc(F)cc3)c2c1. The van der Waals surface area contributed by atoms with Gasteiger partial charge in [0.15, 0.2) is 0 Å². The van der Waals surface area contributed by atoms with Crippen LogP contribution in [0.15, 0.2) is 48.7 Å². The zero-order valence-electron chi connectivity index (χ0n) is 9.50. The Balaban J connectivity index is 2.23. The predicted molar refractivity (Wildman–Crippen MR) is 68.4 cm³/mol. The minimum absolute atomic E-state index is 0.204. The van der Waals surface area contributed by atoms with Gasteiger partial charge in [-0.1, -0.05) is 23.8 Å². The summed E-state index contributed by atoms with van der Waals surface area (Å²) in [5, 5.41) is 1.18. The molecule has 0 saturated carbocycles. The highest BCUT2D eigenvalue weighted by molar-refractivity contribution is 5.95. The average molecular weight is 225 g/mol. The summed E-state index contributed by atoms with van der Waals surface area (Å²) in [7, 11) is 0. The lowest BCUT2D eigenvalue weighted by molar-refractivity contribution is 0.628. The number of rotatable bonds is 1. The monoisotopic (exact) mass is 225 g/mol. The molecule has 3 aromatic rings. The van der Waals surface area contributed by atoms with Gasteiger partial charge < -0.3 is 4.98 Å². The first-order chi connectivity index (χ1) is 8.24. The number of hydrogen-bond donors (Lipinski definition) is 1. The highest BCUT2D eigenvalue weighted by atomic mass is 19.1. The van der Waals surface area contributed by atoms with Gasteiger partial charge in [-0.2, -0.15) is 0 Å². The molecule has 2 heteroatoms. The Bertz CT molecular complexity index is 665. The summed E-state index contributed by atoms with van der Waals surface area (Å²) in [5.74, 6) is -0.204. The lowest BCUT2D eigenvalue weighted by Crippen LogP contribution is -1.78. The van der Waals surface area contributed by atoms with Crippen LogP contribution in [0.25, 0.3) is 22.0 Å². The van der Waals surface area contributed by atoms with E-state index >= 15 is 0 Å². The second kappa shape index (κ2) is 3.74. The van der Waals surface area contributed by atoms with E-state index in [1.807, 2.05) is 6.20 Å². The lowest BCUT2D eigenvalue weighted by atomic mass is 10.0. The third-order valence-electron chi connectivity index (χ3n) is 2.99. The standard InChI is InChI=1S/C15H12FN/c1-10-2-7-15-13(8-10)14(9-17-15)11-3-5-12(16)6-4-11/h2-9,17H,1H3. The maximum absolute atomic E-state index is 12.9. The molecular formula is C15H12FN. The van der Waals surface area contributed by atoms with Gasteiger partial charge in [-0.05, 0) is 36.8 Å². The number of hydrogen-bond acceptors (Lipinski definition) is 0. The van der Waals surface area contributed by atoms with E-state index < -0.39 is 0 Å². The molecule has 2 aromatic carbocycles. The van der Waals surface area contributed by atoms with Gasteiger partial charge in [-0.25, -0.2) is 4.39 Å². The van der Waals surface area contributed by atoms with E-state index in [0.717, 1.165) is 16.6 Å². The largest absolute Gasteiger partial charge is 0.361 e. The van der Waals surface area contributed by atoms with Crippen molar-refractivity contribution in [1.29, 1.82) is 0 Å². The third-order valence-corrected chi connectivity index (χ3v) is 2.99. The van der Waals surface area contributed by atoms with E-state index in [2.05, 4.69) is 30.1 Å². The van der Waals surface area contributed by atoms with Crippen LogP contribution in [-0.4, -0.2) is 4.98 Å². The Labute approximate surface area is 98.9 Å². The van der Waals surface area contributed by atoms with Gasteiger partial charge in [0, 0.05) is 22.7 Å². The van der Waals surface area contributed by atoms with Gasteiger partial charge in [0.05, 0.1) is 0 Å². The van der Waals surface area contributed by atoms with Crippen LogP contribution in [0.3, 0.4) is 0 Å². The minimum Gasteiger partial charge on any atom is -0.361 e. The maximum Gasteiger partial charge on any atom is 0.123 e. The summed E-state index contributed by atoms with van der Waals surface area (Å²) < 4.78 is 12.9. The number of halogens is 1. The fourth-order valence-electron chi connectivity index (χ4n) is 2.10. The topological polar surface area (TPSA) is 15.8 Å². The number of nitrogens with one attached hydrogen (secondary N) is 1. The van der Waals surface area contributed by atoms with Gasteiger partial charge in [-0.3, -0.25) is 0 Å². The molecule has 3 rings (SSSR count). The molecule has 0 aliphatic carbocycles. The molecule has 1 N–H and O–H groups in total. The smallest absolute Gasteiger partial charge is 0.123 e. The zero-order chi connectivity index (χ0) is 11.8. The molecule has 0 amide bonds. The molecule has 1 nitrogen and oxygen atoms in total. The third kappa shape index (κ3) is 1.72. The second-order valence-electron chi connectivity index (χ2n) is 4.26. The van der Waals surface area contributed by atoms with Crippen molar-refractivity contribution in [3.8, 4) is 11.1 Å². The van der Waals surface area contributed by atoms with E-state index in [1.165, 1.54) is 23.1 Å². The van der Waals surface area contributed by atoms with Crippen molar-refractivity contribution in [2.24, 2.45) is 0 Å². The summed E-state index contributed by atoms with van der Waals surface area (Å²) in [6.07, 6.45) is 1.97. The first kappa shape index (κ1) is 10.1. The van der Waals surface area contributed by atoms with E-state index in [-0.39, 0.29) is 5.82 Å². The summed E-state index contributed by atoms with van der Waals surface area (Å²) >= 11 is 0. The van der Waals surface area contributed by atoms with E-state index in [1.54, 1.807) is 12.1 Å². The molecule has 0 bridgehead atoms. The Kier molecular flexibility index (Phi) is 2.22.